The molecule has 0 N–H and O–H groups in total. The zero-order chi connectivity index (χ0) is 29.2. The fraction of sp³-hybridized carbons (Fsp3) is 0.111. The van der Waals surface area contributed by atoms with E-state index in [0.717, 1.165) is 55.8 Å². The SMILES string of the molecule is CN(C)c1ccc(C2CC(c3ccccc3)=NN2c2nc(-c3ccc4ccccc4c3)c(N=Nc3ccccc3)s2)cc1. The van der Waals surface area contributed by atoms with E-state index in [1.807, 2.05) is 36.4 Å². The summed E-state index contributed by atoms with van der Waals surface area (Å²) >= 11 is 1.52. The molecule has 6 nitrogen and oxygen atoms in total. The molecule has 0 fully saturated rings. The lowest BCUT2D eigenvalue weighted by Crippen LogP contribution is -2.18. The number of azo groups is 1. The highest BCUT2D eigenvalue weighted by Gasteiger charge is 2.33. The van der Waals surface area contributed by atoms with Crippen LogP contribution in [0.1, 0.15) is 23.6 Å². The molecule has 0 saturated carbocycles. The van der Waals surface area contributed by atoms with Crippen molar-refractivity contribution in [1.82, 2.24) is 4.98 Å². The molecule has 0 bridgehead atoms. The van der Waals surface area contributed by atoms with Gasteiger partial charge in [0.15, 0.2) is 5.00 Å². The minimum Gasteiger partial charge on any atom is -0.378 e. The minimum atomic E-state index is 0.000865. The van der Waals surface area contributed by atoms with Gasteiger partial charge in [-0.1, -0.05) is 108 Å². The molecule has 1 aliphatic rings. The van der Waals surface area contributed by atoms with Gasteiger partial charge < -0.3 is 4.90 Å². The number of anilines is 2. The van der Waals surface area contributed by atoms with Gasteiger partial charge in [0, 0.05) is 31.8 Å². The van der Waals surface area contributed by atoms with Crippen LogP contribution < -0.4 is 9.91 Å². The third-order valence-corrected chi connectivity index (χ3v) is 8.57. The summed E-state index contributed by atoms with van der Waals surface area (Å²) in [6.45, 7) is 0. The van der Waals surface area contributed by atoms with Crippen LogP contribution in [0.3, 0.4) is 0 Å². The molecule has 0 saturated heterocycles. The summed E-state index contributed by atoms with van der Waals surface area (Å²) in [5.74, 6) is 0. The molecule has 2 heterocycles. The third kappa shape index (κ3) is 5.55. The molecule has 0 aliphatic carbocycles. The number of nitrogens with zero attached hydrogens (tertiary/aromatic N) is 6. The molecule has 210 valence electrons. The van der Waals surface area contributed by atoms with Gasteiger partial charge in [0.05, 0.1) is 17.4 Å². The van der Waals surface area contributed by atoms with Crippen molar-refractivity contribution in [3.05, 3.63) is 139 Å². The second-order valence-corrected chi connectivity index (χ2v) is 11.7. The maximum Gasteiger partial charge on any atom is 0.209 e. The first kappa shape index (κ1) is 26.7. The molecule has 0 spiro atoms. The number of benzene rings is 5. The van der Waals surface area contributed by atoms with E-state index in [1.54, 1.807) is 0 Å². The quantitative estimate of drug-likeness (QED) is 0.177. The van der Waals surface area contributed by atoms with Crippen molar-refractivity contribution in [3.8, 4) is 11.3 Å². The molecular weight excluding hydrogens is 549 g/mol. The molecule has 1 aromatic heterocycles. The molecule has 0 amide bonds. The van der Waals surface area contributed by atoms with E-state index in [4.69, 9.17) is 15.2 Å². The highest BCUT2D eigenvalue weighted by Crippen LogP contribution is 2.45. The average molecular weight is 579 g/mol. The van der Waals surface area contributed by atoms with Crippen LogP contribution >= 0.6 is 11.3 Å². The van der Waals surface area contributed by atoms with Crippen molar-refractivity contribution in [3.63, 3.8) is 0 Å². The summed E-state index contributed by atoms with van der Waals surface area (Å²) in [7, 11) is 4.12. The summed E-state index contributed by atoms with van der Waals surface area (Å²) in [5.41, 5.74) is 7.11. The fourth-order valence-corrected chi connectivity index (χ4v) is 6.25. The second kappa shape index (κ2) is 11.6. The zero-order valence-corrected chi connectivity index (χ0v) is 24.8. The van der Waals surface area contributed by atoms with E-state index < -0.39 is 0 Å². The number of hydrazone groups is 1. The Kier molecular flexibility index (Phi) is 7.23. The van der Waals surface area contributed by atoms with Crippen molar-refractivity contribution < 1.29 is 0 Å². The topological polar surface area (TPSA) is 56.5 Å². The number of fused-ring (bicyclic) bond motifs is 1. The Morgan fingerprint density at radius 3 is 2.16 bits per heavy atom. The van der Waals surface area contributed by atoms with Gasteiger partial charge >= 0.3 is 0 Å². The highest BCUT2D eigenvalue weighted by atomic mass is 32.1. The Morgan fingerprint density at radius 1 is 0.721 bits per heavy atom. The molecule has 6 aromatic rings. The van der Waals surface area contributed by atoms with Gasteiger partial charge in [-0.25, -0.2) is 9.99 Å². The standard InChI is InChI=1S/C36H30N6S/c1-41(2)31-21-19-27(20-22-31)33-24-32(26-12-5-3-6-13-26)40-42(33)36-37-34(29-18-17-25-11-9-10-14-28(25)23-29)35(43-36)39-38-30-15-7-4-8-16-30/h3-23,33H,24H2,1-2H3. The van der Waals surface area contributed by atoms with Gasteiger partial charge in [0.25, 0.3) is 0 Å². The Balaban J connectivity index is 1.34. The van der Waals surface area contributed by atoms with Crippen molar-refractivity contribution in [2.75, 3.05) is 24.0 Å². The lowest BCUT2D eigenvalue weighted by Gasteiger charge is -2.22. The number of hydrogen-bond donors (Lipinski definition) is 0. The lowest BCUT2D eigenvalue weighted by atomic mass is 9.98. The summed E-state index contributed by atoms with van der Waals surface area (Å²) in [4.78, 5) is 7.32. The molecule has 7 rings (SSSR count). The van der Waals surface area contributed by atoms with Crippen LogP contribution in [0.2, 0.25) is 0 Å². The summed E-state index contributed by atoms with van der Waals surface area (Å²) in [6, 6.07) is 43.7. The molecule has 7 heteroatoms. The average Bonchev–Trinajstić information content (AvgIpc) is 3.70. The Labute approximate surface area is 255 Å². The largest absolute Gasteiger partial charge is 0.378 e. The van der Waals surface area contributed by atoms with Crippen LogP contribution in [0.25, 0.3) is 22.0 Å². The fourth-order valence-electron chi connectivity index (χ4n) is 5.34. The first-order valence-electron chi connectivity index (χ1n) is 14.3. The van der Waals surface area contributed by atoms with E-state index in [1.165, 1.54) is 22.3 Å². The highest BCUT2D eigenvalue weighted by molar-refractivity contribution is 7.19. The molecular formula is C36H30N6S. The molecule has 0 radical (unpaired) electrons. The predicted molar refractivity (Wildman–Crippen MR) is 179 cm³/mol. The summed E-state index contributed by atoms with van der Waals surface area (Å²) in [5, 5.41) is 20.4. The first-order valence-corrected chi connectivity index (χ1v) is 15.1. The predicted octanol–water partition coefficient (Wildman–Crippen LogP) is 9.80. The number of rotatable bonds is 7. The third-order valence-electron chi connectivity index (χ3n) is 7.64. The van der Waals surface area contributed by atoms with E-state index in [-0.39, 0.29) is 6.04 Å². The summed E-state index contributed by atoms with van der Waals surface area (Å²) in [6.07, 6.45) is 0.775. The van der Waals surface area contributed by atoms with Crippen LogP contribution in [0.15, 0.2) is 143 Å². The van der Waals surface area contributed by atoms with Crippen molar-refractivity contribution in [2.45, 2.75) is 12.5 Å². The van der Waals surface area contributed by atoms with Crippen LogP contribution in [0.5, 0.6) is 0 Å². The lowest BCUT2D eigenvalue weighted by molar-refractivity contribution is 0.706. The van der Waals surface area contributed by atoms with Gasteiger partial charge in [0.2, 0.25) is 5.13 Å². The van der Waals surface area contributed by atoms with Crippen molar-refractivity contribution in [1.29, 1.82) is 0 Å². The second-order valence-electron chi connectivity index (χ2n) is 10.7. The minimum absolute atomic E-state index is 0.000865. The molecule has 43 heavy (non-hydrogen) atoms. The number of thiazole rings is 1. The Morgan fingerprint density at radius 2 is 1.42 bits per heavy atom. The van der Waals surface area contributed by atoms with Gasteiger partial charge in [-0.05, 0) is 52.2 Å². The van der Waals surface area contributed by atoms with Gasteiger partial charge in [-0.3, -0.25) is 0 Å². The van der Waals surface area contributed by atoms with Gasteiger partial charge in [-0.15, -0.1) is 10.2 Å². The van der Waals surface area contributed by atoms with E-state index in [2.05, 4.69) is 120 Å². The van der Waals surface area contributed by atoms with Crippen LogP contribution in [-0.2, 0) is 0 Å². The molecule has 5 aromatic carbocycles. The van der Waals surface area contributed by atoms with Gasteiger partial charge in [-0.2, -0.15) is 5.10 Å². The molecule has 1 aliphatic heterocycles. The van der Waals surface area contributed by atoms with Crippen LogP contribution in [0.4, 0.5) is 21.5 Å². The monoisotopic (exact) mass is 578 g/mol. The Bertz CT molecular complexity index is 1930. The smallest absolute Gasteiger partial charge is 0.209 e. The zero-order valence-electron chi connectivity index (χ0n) is 24.0. The van der Waals surface area contributed by atoms with Gasteiger partial charge in [0.1, 0.15) is 5.69 Å². The normalized spacial score (nSPS) is 14.9. The number of hydrogen-bond acceptors (Lipinski definition) is 7. The van der Waals surface area contributed by atoms with Crippen molar-refractivity contribution >= 4 is 49.3 Å². The van der Waals surface area contributed by atoms with Crippen molar-refractivity contribution in [2.24, 2.45) is 15.3 Å². The van der Waals surface area contributed by atoms with Crippen LogP contribution in [0, 0.1) is 0 Å². The molecule has 1 atom stereocenters. The van der Waals surface area contributed by atoms with E-state index >= 15 is 0 Å². The maximum atomic E-state index is 5.21. The van der Waals surface area contributed by atoms with Crippen LogP contribution in [-0.4, -0.2) is 24.8 Å². The van der Waals surface area contributed by atoms with E-state index in [9.17, 15) is 0 Å². The first-order chi connectivity index (χ1) is 21.1. The Hall–Kier alpha value is -5.14. The number of aromatic nitrogens is 1. The summed E-state index contributed by atoms with van der Waals surface area (Å²) < 4.78 is 0. The molecule has 1 unspecified atom stereocenters. The van der Waals surface area contributed by atoms with E-state index in [0.29, 0.717) is 0 Å². The maximum absolute atomic E-state index is 5.21.